The quantitative estimate of drug-likeness (QED) is 0.231. The number of carbonyl (C=O) groups is 1. The maximum atomic E-state index is 10.5. The number of carboxylic acids is 1. The van der Waals surface area contributed by atoms with Gasteiger partial charge in [0, 0.05) is 0 Å². The Kier molecular flexibility index (Phi) is 5.65. The minimum Gasteiger partial charge on any atom is -0.479 e. The van der Waals surface area contributed by atoms with E-state index in [0.717, 1.165) is 0 Å². The monoisotopic (exact) mass is 276 g/mol. The normalized spacial score (nSPS) is 19.4. The van der Waals surface area contributed by atoms with E-state index in [1.54, 1.807) is 0 Å². The van der Waals surface area contributed by atoms with Gasteiger partial charge in [-0.25, -0.2) is 9.36 Å². The van der Waals surface area contributed by atoms with Crippen molar-refractivity contribution in [2.75, 3.05) is 13.2 Å². The summed E-state index contributed by atoms with van der Waals surface area (Å²) < 4.78 is 14.1. The Balaban J connectivity index is 4.63. The van der Waals surface area contributed by atoms with Crippen LogP contribution < -0.4 is 0 Å². The van der Waals surface area contributed by atoms with Crippen LogP contribution in [0.15, 0.2) is 0 Å². The number of aliphatic hydroxyl groups excluding tert-OH is 3. The Morgan fingerprint density at radius 1 is 1.35 bits per heavy atom. The van der Waals surface area contributed by atoms with Crippen LogP contribution in [0.25, 0.3) is 0 Å². The van der Waals surface area contributed by atoms with E-state index in [4.69, 9.17) is 25.1 Å². The Hall–Kier alpha value is -0.580. The van der Waals surface area contributed by atoms with Gasteiger partial charge in [0.2, 0.25) is 5.60 Å². The highest BCUT2D eigenvalue weighted by atomic mass is 31.2. The van der Waals surface area contributed by atoms with E-state index in [2.05, 4.69) is 4.52 Å². The van der Waals surface area contributed by atoms with Gasteiger partial charge in [-0.2, -0.15) is 0 Å². The van der Waals surface area contributed by atoms with Crippen LogP contribution in [0.5, 0.6) is 0 Å². The molecule has 0 saturated carbocycles. The topological polar surface area (TPSA) is 185 Å². The lowest BCUT2D eigenvalue weighted by molar-refractivity contribution is -0.191. The highest BCUT2D eigenvalue weighted by Crippen LogP contribution is 2.36. The molecule has 11 heteroatoms. The van der Waals surface area contributed by atoms with Crippen molar-refractivity contribution in [1.82, 2.24) is 0 Å². The molecular formula is C6H13O10P. The maximum absolute atomic E-state index is 10.5. The van der Waals surface area contributed by atoms with Gasteiger partial charge in [0.05, 0.1) is 13.2 Å². The number of hydrogen-bond donors (Lipinski definition) is 7. The lowest BCUT2D eigenvalue weighted by atomic mass is 9.94. The van der Waals surface area contributed by atoms with E-state index < -0.39 is 44.8 Å². The summed E-state index contributed by atoms with van der Waals surface area (Å²) >= 11 is 0. The molecule has 0 rings (SSSR count). The average molecular weight is 276 g/mol. The molecule has 0 aromatic heterocycles. The Labute approximate surface area is 94.9 Å². The number of rotatable bonds is 7. The SMILES string of the molecule is O=C(O)[C@](O)(CO)[C@H](O)[C@H](O)COP(=O)(O)O. The number of phosphoric acid groups is 1. The number of carboxylic acid groups (broad SMARTS) is 1. The first kappa shape index (κ1) is 16.4. The first-order chi connectivity index (χ1) is 7.54. The molecule has 0 radical (unpaired) electrons. The van der Waals surface area contributed by atoms with Crippen molar-refractivity contribution in [2.45, 2.75) is 17.8 Å². The largest absolute Gasteiger partial charge is 0.479 e. The van der Waals surface area contributed by atoms with Gasteiger partial charge < -0.3 is 35.3 Å². The molecule has 0 amide bonds. The van der Waals surface area contributed by atoms with Crippen LogP contribution in [0, 0.1) is 0 Å². The zero-order valence-electron chi connectivity index (χ0n) is 8.37. The number of aliphatic hydroxyl groups is 4. The molecule has 7 N–H and O–H groups in total. The Bertz CT molecular complexity index is 312. The highest BCUT2D eigenvalue weighted by molar-refractivity contribution is 7.46. The molecule has 10 nitrogen and oxygen atoms in total. The number of aliphatic carboxylic acids is 1. The summed E-state index contributed by atoms with van der Waals surface area (Å²) in [6.07, 6.45) is -4.51. The Morgan fingerprint density at radius 2 is 1.82 bits per heavy atom. The Morgan fingerprint density at radius 3 is 2.12 bits per heavy atom. The van der Waals surface area contributed by atoms with Crippen molar-refractivity contribution in [3.8, 4) is 0 Å². The molecule has 102 valence electrons. The third-order valence-corrected chi connectivity index (χ3v) is 2.36. The molecule has 0 aliphatic carbocycles. The molecule has 0 aromatic carbocycles. The predicted molar refractivity (Wildman–Crippen MR) is 49.7 cm³/mol. The third-order valence-electron chi connectivity index (χ3n) is 1.88. The van der Waals surface area contributed by atoms with Crippen LogP contribution in [0.4, 0.5) is 0 Å². The summed E-state index contributed by atoms with van der Waals surface area (Å²) in [6, 6.07) is 0. The van der Waals surface area contributed by atoms with Gasteiger partial charge in [0.1, 0.15) is 12.2 Å². The molecule has 0 fully saturated rings. The van der Waals surface area contributed by atoms with Crippen LogP contribution >= 0.6 is 7.82 Å². The molecule has 0 heterocycles. The smallest absolute Gasteiger partial charge is 0.469 e. The molecule has 0 unspecified atom stereocenters. The van der Waals surface area contributed by atoms with Crippen LogP contribution in [0.3, 0.4) is 0 Å². The number of phosphoric ester groups is 1. The predicted octanol–water partition coefficient (Wildman–Crippen LogP) is -3.37. The summed E-state index contributed by atoms with van der Waals surface area (Å²) in [5.74, 6) is -2.01. The molecule has 0 aliphatic rings. The van der Waals surface area contributed by atoms with Crippen molar-refractivity contribution in [1.29, 1.82) is 0 Å². The second kappa shape index (κ2) is 5.85. The lowest BCUT2D eigenvalue weighted by Crippen LogP contribution is -2.58. The minimum atomic E-state index is -4.91. The van der Waals surface area contributed by atoms with Crippen LogP contribution in [0.2, 0.25) is 0 Å². The van der Waals surface area contributed by atoms with Gasteiger partial charge in [-0.15, -0.1) is 0 Å². The summed E-state index contributed by atoms with van der Waals surface area (Å²) in [5, 5.41) is 44.7. The van der Waals surface area contributed by atoms with Crippen molar-refractivity contribution >= 4 is 13.8 Å². The summed E-state index contributed by atoms with van der Waals surface area (Å²) in [5.41, 5.74) is -3.06. The van der Waals surface area contributed by atoms with Crippen LogP contribution in [0.1, 0.15) is 0 Å². The molecule has 3 atom stereocenters. The van der Waals surface area contributed by atoms with Gasteiger partial charge in [0.15, 0.2) is 0 Å². The fraction of sp³-hybridized carbons (Fsp3) is 0.833. The summed E-state index contributed by atoms with van der Waals surface area (Å²) in [6.45, 7) is -2.53. The van der Waals surface area contributed by atoms with Gasteiger partial charge in [0.25, 0.3) is 0 Å². The van der Waals surface area contributed by atoms with Gasteiger partial charge in [-0.05, 0) is 0 Å². The maximum Gasteiger partial charge on any atom is 0.469 e. The lowest BCUT2D eigenvalue weighted by Gasteiger charge is -2.29. The van der Waals surface area contributed by atoms with Gasteiger partial charge >= 0.3 is 13.8 Å². The fourth-order valence-corrected chi connectivity index (χ4v) is 1.22. The first-order valence-electron chi connectivity index (χ1n) is 4.17. The van der Waals surface area contributed by atoms with E-state index in [-0.39, 0.29) is 0 Å². The third kappa shape index (κ3) is 4.66. The van der Waals surface area contributed by atoms with E-state index in [0.29, 0.717) is 0 Å². The number of hydrogen-bond acceptors (Lipinski definition) is 7. The summed E-state index contributed by atoms with van der Waals surface area (Å²) in [7, 11) is -4.91. The van der Waals surface area contributed by atoms with E-state index in [1.807, 2.05) is 0 Å². The van der Waals surface area contributed by atoms with Crippen molar-refractivity contribution in [2.24, 2.45) is 0 Å². The molecule has 0 saturated heterocycles. The first-order valence-corrected chi connectivity index (χ1v) is 5.70. The van der Waals surface area contributed by atoms with E-state index >= 15 is 0 Å². The molecule has 0 aromatic rings. The fourth-order valence-electron chi connectivity index (χ4n) is 0.871. The molecule has 0 bridgehead atoms. The average Bonchev–Trinajstić information content (AvgIpc) is 2.22. The van der Waals surface area contributed by atoms with Crippen LogP contribution in [-0.2, 0) is 13.9 Å². The van der Waals surface area contributed by atoms with Crippen molar-refractivity contribution in [3.63, 3.8) is 0 Å². The second-order valence-electron chi connectivity index (χ2n) is 3.19. The zero-order valence-corrected chi connectivity index (χ0v) is 9.27. The van der Waals surface area contributed by atoms with Gasteiger partial charge in [-0.3, -0.25) is 4.52 Å². The molecule has 0 aliphatic heterocycles. The van der Waals surface area contributed by atoms with E-state index in [1.165, 1.54) is 0 Å². The minimum absolute atomic E-state index is 1.12. The molecule has 17 heavy (non-hydrogen) atoms. The van der Waals surface area contributed by atoms with E-state index in [9.17, 15) is 19.6 Å². The van der Waals surface area contributed by atoms with Crippen molar-refractivity contribution < 1.29 is 49.2 Å². The zero-order chi connectivity index (χ0) is 13.9. The van der Waals surface area contributed by atoms with Crippen LogP contribution in [-0.4, -0.2) is 72.3 Å². The highest BCUT2D eigenvalue weighted by Gasteiger charge is 2.47. The molecular weight excluding hydrogens is 263 g/mol. The molecule has 0 spiro atoms. The van der Waals surface area contributed by atoms with Gasteiger partial charge in [-0.1, -0.05) is 0 Å². The van der Waals surface area contributed by atoms with Crippen molar-refractivity contribution in [3.05, 3.63) is 0 Å². The standard InChI is InChI=1S/C6H13O10P/c7-2-6(12,5(10)11)4(9)3(8)1-16-17(13,14)15/h3-4,7-9,12H,1-2H2,(H,10,11)(H2,13,14,15)/t3-,4-,6+/m1/s1. The summed E-state index contributed by atoms with van der Waals surface area (Å²) in [4.78, 5) is 27.1. The second-order valence-corrected chi connectivity index (χ2v) is 4.43.